The molecule has 1 amide bonds. The molecule has 0 saturated carbocycles. The average molecular weight is 517 g/mol. The van der Waals surface area contributed by atoms with Gasteiger partial charge in [0.05, 0.1) is 10.4 Å². The van der Waals surface area contributed by atoms with Gasteiger partial charge in [0.25, 0.3) is 0 Å². The van der Waals surface area contributed by atoms with Gasteiger partial charge in [-0.2, -0.15) is 0 Å². The number of hydrogen-bond acceptors (Lipinski definition) is 6. The molecule has 4 N–H and O–H groups in total. The number of anilines is 1. The maximum absolute atomic E-state index is 13.7. The Kier molecular flexibility index (Phi) is 7.44. The van der Waals surface area contributed by atoms with Gasteiger partial charge in [0.2, 0.25) is 5.91 Å². The van der Waals surface area contributed by atoms with Gasteiger partial charge in [-0.3, -0.25) is 4.79 Å². The van der Waals surface area contributed by atoms with Gasteiger partial charge in [-0.05, 0) is 53.3 Å². The molecule has 2 aliphatic rings. The Balaban J connectivity index is 1.32. The van der Waals surface area contributed by atoms with Gasteiger partial charge in [0.15, 0.2) is 5.96 Å². The second-order valence-corrected chi connectivity index (χ2v) is 9.57. The van der Waals surface area contributed by atoms with Crippen LogP contribution in [0.3, 0.4) is 0 Å². The summed E-state index contributed by atoms with van der Waals surface area (Å²) in [4.78, 5) is 17.9. The summed E-state index contributed by atoms with van der Waals surface area (Å²) in [6.45, 7) is 2.06. The molecular formula is C29H29ClN4O3. The lowest BCUT2D eigenvalue weighted by molar-refractivity contribution is -0.125. The molecule has 0 aliphatic carbocycles. The Morgan fingerprint density at radius 3 is 2.51 bits per heavy atom. The van der Waals surface area contributed by atoms with Crippen molar-refractivity contribution in [2.45, 2.75) is 24.9 Å². The summed E-state index contributed by atoms with van der Waals surface area (Å²) in [6.07, 6.45) is 2.96. The molecule has 7 nitrogen and oxygen atoms in total. The Morgan fingerprint density at radius 1 is 1.08 bits per heavy atom. The third-order valence-corrected chi connectivity index (χ3v) is 7.13. The van der Waals surface area contributed by atoms with Gasteiger partial charge in [-0.1, -0.05) is 66.2 Å². The number of nitrogens with one attached hydrogen (secondary N) is 2. The molecule has 190 valence electrons. The van der Waals surface area contributed by atoms with Crippen LogP contribution in [-0.4, -0.2) is 31.6 Å². The van der Waals surface area contributed by atoms with E-state index in [0.29, 0.717) is 61.6 Å². The van der Waals surface area contributed by atoms with E-state index < -0.39 is 5.41 Å². The van der Waals surface area contributed by atoms with Crippen LogP contribution in [0.15, 0.2) is 84.0 Å². The van der Waals surface area contributed by atoms with Gasteiger partial charge in [0, 0.05) is 31.6 Å². The Morgan fingerprint density at radius 2 is 1.84 bits per heavy atom. The van der Waals surface area contributed by atoms with Crippen LogP contribution < -0.4 is 21.1 Å². The van der Waals surface area contributed by atoms with E-state index in [1.54, 1.807) is 18.3 Å². The van der Waals surface area contributed by atoms with Gasteiger partial charge < -0.3 is 25.8 Å². The quantitative estimate of drug-likeness (QED) is 0.416. The molecule has 2 heterocycles. The number of ether oxygens (including phenoxy) is 2. The Labute approximate surface area is 221 Å². The summed E-state index contributed by atoms with van der Waals surface area (Å²) in [6, 6.07) is 23.3. The van der Waals surface area contributed by atoms with Gasteiger partial charge in [0.1, 0.15) is 12.4 Å². The standard InChI is InChI=1S/C29H29ClN4O3/c30-25-16-24(10-11-26(25)37-19-20-4-2-1-3-5-20)34-27(35)29(12-14-36-15-13-29)23-8-6-21(7-9-23)22-17-32-28(31)33-18-22/h1-11,16-17H,12-15,18-19H2,(H,34,35)(H3,31,32,33). The van der Waals surface area contributed by atoms with E-state index in [1.807, 2.05) is 60.7 Å². The van der Waals surface area contributed by atoms with Gasteiger partial charge >= 0.3 is 0 Å². The highest BCUT2D eigenvalue weighted by Crippen LogP contribution is 2.37. The first-order chi connectivity index (χ1) is 18.0. The van der Waals surface area contributed by atoms with Crippen molar-refractivity contribution in [1.29, 1.82) is 0 Å². The highest BCUT2D eigenvalue weighted by Gasteiger charge is 2.41. The fourth-order valence-electron chi connectivity index (χ4n) is 4.65. The zero-order valence-corrected chi connectivity index (χ0v) is 21.1. The lowest BCUT2D eigenvalue weighted by Gasteiger charge is -2.36. The van der Waals surface area contributed by atoms with Crippen LogP contribution >= 0.6 is 11.6 Å². The van der Waals surface area contributed by atoms with E-state index in [9.17, 15) is 4.79 Å². The molecular weight excluding hydrogens is 488 g/mol. The summed E-state index contributed by atoms with van der Waals surface area (Å²) in [5, 5.41) is 6.57. The molecule has 0 bridgehead atoms. The molecule has 8 heteroatoms. The molecule has 5 rings (SSSR count). The second kappa shape index (κ2) is 11.1. The molecule has 1 saturated heterocycles. The topological polar surface area (TPSA) is 98.0 Å². The summed E-state index contributed by atoms with van der Waals surface area (Å²) in [7, 11) is 0. The molecule has 2 aliphatic heterocycles. The minimum Gasteiger partial charge on any atom is -0.487 e. The molecule has 3 aromatic rings. The number of amides is 1. The maximum Gasteiger partial charge on any atom is 0.235 e. The van der Waals surface area contributed by atoms with Crippen molar-refractivity contribution >= 4 is 34.7 Å². The fraction of sp³-hybridized carbons (Fsp3) is 0.241. The van der Waals surface area contributed by atoms with E-state index in [-0.39, 0.29) is 5.91 Å². The number of carbonyl (C=O) groups excluding carboxylic acids is 1. The number of rotatable bonds is 7. The van der Waals surface area contributed by atoms with Crippen LogP contribution in [0.25, 0.3) is 5.57 Å². The molecule has 37 heavy (non-hydrogen) atoms. The number of benzene rings is 3. The van der Waals surface area contributed by atoms with E-state index in [2.05, 4.69) is 15.6 Å². The summed E-state index contributed by atoms with van der Waals surface area (Å²) < 4.78 is 11.5. The van der Waals surface area contributed by atoms with Crippen molar-refractivity contribution in [2.75, 3.05) is 25.1 Å². The van der Waals surface area contributed by atoms with Crippen LogP contribution in [0.5, 0.6) is 5.75 Å². The Bertz CT molecular complexity index is 1320. The van der Waals surface area contributed by atoms with Crippen molar-refractivity contribution in [1.82, 2.24) is 5.32 Å². The van der Waals surface area contributed by atoms with E-state index in [0.717, 1.165) is 22.3 Å². The van der Waals surface area contributed by atoms with Crippen LogP contribution in [0.1, 0.15) is 29.5 Å². The number of aliphatic imine (C=N–C) groups is 1. The lowest BCUT2D eigenvalue weighted by atomic mass is 9.73. The third-order valence-electron chi connectivity index (χ3n) is 6.84. The molecule has 0 atom stereocenters. The molecule has 3 aromatic carbocycles. The number of carbonyl (C=O) groups is 1. The molecule has 0 aromatic heterocycles. The normalized spacial score (nSPS) is 16.7. The van der Waals surface area contributed by atoms with Crippen LogP contribution in [0.4, 0.5) is 5.69 Å². The number of halogens is 1. The summed E-state index contributed by atoms with van der Waals surface area (Å²) in [5.41, 5.74) is 9.69. The molecule has 1 fully saturated rings. The van der Waals surface area contributed by atoms with E-state index in [4.69, 9.17) is 26.8 Å². The van der Waals surface area contributed by atoms with Crippen molar-refractivity contribution in [3.8, 4) is 5.75 Å². The third kappa shape index (κ3) is 5.63. The minimum atomic E-state index is -0.701. The number of guanidine groups is 1. The molecule has 0 spiro atoms. The first-order valence-electron chi connectivity index (χ1n) is 12.3. The Hall–Kier alpha value is -3.81. The largest absolute Gasteiger partial charge is 0.487 e. The molecule has 0 unspecified atom stereocenters. The average Bonchev–Trinajstić information content (AvgIpc) is 2.94. The number of hydrogen-bond donors (Lipinski definition) is 3. The smallest absolute Gasteiger partial charge is 0.235 e. The number of nitrogens with zero attached hydrogens (tertiary/aromatic N) is 1. The fourth-order valence-corrected chi connectivity index (χ4v) is 4.89. The highest BCUT2D eigenvalue weighted by atomic mass is 35.5. The van der Waals surface area contributed by atoms with Crippen molar-refractivity contribution in [3.05, 3.63) is 101 Å². The highest BCUT2D eigenvalue weighted by molar-refractivity contribution is 6.32. The van der Waals surface area contributed by atoms with Crippen LogP contribution in [-0.2, 0) is 21.6 Å². The monoisotopic (exact) mass is 516 g/mol. The maximum atomic E-state index is 13.7. The molecule has 0 radical (unpaired) electrons. The van der Waals surface area contributed by atoms with E-state index in [1.165, 1.54) is 0 Å². The van der Waals surface area contributed by atoms with Crippen molar-refractivity contribution in [3.63, 3.8) is 0 Å². The van der Waals surface area contributed by atoms with Gasteiger partial charge in [-0.25, -0.2) is 4.99 Å². The predicted octanol–water partition coefficient (Wildman–Crippen LogP) is 4.86. The SMILES string of the molecule is NC1=NC=C(c2ccc(C3(C(=O)Nc4ccc(OCc5ccccc5)c(Cl)c4)CCOCC3)cc2)CN1. The zero-order valence-electron chi connectivity index (χ0n) is 20.4. The first-order valence-corrected chi connectivity index (χ1v) is 12.6. The number of nitrogens with two attached hydrogens (primary N) is 1. The summed E-state index contributed by atoms with van der Waals surface area (Å²) in [5.74, 6) is 0.903. The van der Waals surface area contributed by atoms with E-state index >= 15 is 0 Å². The minimum absolute atomic E-state index is 0.0755. The zero-order chi connectivity index (χ0) is 25.7. The second-order valence-electron chi connectivity index (χ2n) is 9.17. The van der Waals surface area contributed by atoms with Gasteiger partial charge in [-0.15, -0.1) is 0 Å². The van der Waals surface area contributed by atoms with Crippen LogP contribution in [0.2, 0.25) is 5.02 Å². The van der Waals surface area contributed by atoms with Crippen molar-refractivity contribution in [2.24, 2.45) is 10.7 Å². The van der Waals surface area contributed by atoms with Crippen LogP contribution in [0, 0.1) is 0 Å². The predicted molar refractivity (Wildman–Crippen MR) is 147 cm³/mol. The summed E-state index contributed by atoms with van der Waals surface area (Å²) >= 11 is 6.49. The van der Waals surface area contributed by atoms with Crippen molar-refractivity contribution < 1.29 is 14.3 Å². The first kappa shape index (κ1) is 24.9. The lowest BCUT2D eigenvalue weighted by Crippen LogP contribution is -2.44.